The molecule has 4 nitrogen and oxygen atoms in total. The number of amides is 2. The molecule has 120 valence electrons. The van der Waals surface area contributed by atoms with Gasteiger partial charge in [-0.15, -0.1) is 0 Å². The van der Waals surface area contributed by atoms with E-state index in [1.54, 1.807) is 48.5 Å². The van der Waals surface area contributed by atoms with Crippen LogP contribution in [0.5, 0.6) is 0 Å². The molecule has 0 aromatic heterocycles. The number of carbonyl (C=O) groups excluding carboxylic acids is 2. The molecule has 0 saturated carbocycles. The normalized spacial score (nSPS) is 10.2. The molecule has 0 radical (unpaired) electrons. The molecule has 0 bridgehead atoms. The van der Waals surface area contributed by atoms with E-state index in [0.717, 1.165) is 0 Å². The van der Waals surface area contributed by atoms with Crippen molar-refractivity contribution in [3.8, 4) is 0 Å². The smallest absolute Gasteiger partial charge is 0.226 e. The van der Waals surface area contributed by atoms with E-state index in [1.807, 2.05) is 0 Å². The maximum absolute atomic E-state index is 12.0. The lowest BCUT2D eigenvalue weighted by atomic mass is 10.2. The van der Waals surface area contributed by atoms with Crippen LogP contribution in [0.25, 0.3) is 0 Å². The van der Waals surface area contributed by atoms with Crippen LogP contribution in [0.4, 0.5) is 11.4 Å². The van der Waals surface area contributed by atoms with Gasteiger partial charge in [-0.1, -0.05) is 23.2 Å². The molecule has 0 fully saturated rings. The van der Waals surface area contributed by atoms with E-state index in [2.05, 4.69) is 5.32 Å². The largest absolute Gasteiger partial charge is 0.326 e. The summed E-state index contributed by atoms with van der Waals surface area (Å²) in [4.78, 5) is 25.3. The lowest BCUT2D eigenvalue weighted by Gasteiger charge is -2.21. The SMILES string of the molecule is CC(=O)N(CCC(=O)Nc1ccc(Cl)cc1)c1ccc(Cl)cc1. The van der Waals surface area contributed by atoms with Crippen molar-refractivity contribution in [2.45, 2.75) is 13.3 Å². The molecule has 23 heavy (non-hydrogen) atoms. The Morgan fingerprint density at radius 1 is 0.957 bits per heavy atom. The Labute approximate surface area is 145 Å². The molecule has 0 spiro atoms. The van der Waals surface area contributed by atoms with Crippen molar-refractivity contribution >= 4 is 46.4 Å². The number of nitrogens with zero attached hydrogens (tertiary/aromatic N) is 1. The van der Waals surface area contributed by atoms with Crippen LogP contribution < -0.4 is 10.2 Å². The average molecular weight is 351 g/mol. The second-order valence-electron chi connectivity index (χ2n) is 4.95. The summed E-state index contributed by atoms with van der Waals surface area (Å²) >= 11 is 11.6. The van der Waals surface area contributed by atoms with Crippen molar-refractivity contribution in [1.82, 2.24) is 0 Å². The molecule has 6 heteroatoms. The van der Waals surface area contributed by atoms with E-state index in [9.17, 15) is 9.59 Å². The topological polar surface area (TPSA) is 49.4 Å². The maximum Gasteiger partial charge on any atom is 0.226 e. The maximum atomic E-state index is 12.0. The van der Waals surface area contributed by atoms with Crippen LogP contribution in [0.15, 0.2) is 48.5 Å². The van der Waals surface area contributed by atoms with Gasteiger partial charge in [0.25, 0.3) is 0 Å². The fourth-order valence-electron chi connectivity index (χ4n) is 2.06. The lowest BCUT2D eigenvalue weighted by molar-refractivity contribution is -0.117. The number of halogens is 2. The summed E-state index contributed by atoms with van der Waals surface area (Å²) in [5, 5.41) is 3.97. The fraction of sp³-hybridized carbons (Fsp3) is 0.176. The van der Waals surface area contributed by atoms with Gasteiger partial charge in [0.1, 0.15) is 0 Å². The van der Waals surface area contributed by atoms with E-state index in [0.29, 0.717) is 21.4 Å². The molecule has 2 aromatic rings. The molecule has 2 amide bonds. The summed E-state index contributed by atoms with van der Waals surface area (Å²) < 4.78 is 0. The van der Waals surface area contributed by atoms with Crippen molar-refractivity contribution in [2.24, 2.45) is 0 Å². The summed E-state index contributed by atoms with van der Waals surface area (Å²) in [6.07, 6.45) is 0.185. The molecule has 2 rings (SSSR count). The van der Waals surface area contributed by atoms with Crippen molar-refractivity contribution in [3.63, 3.8) is 0 Å². The Balaban J connectivity index is 1.95. The third kappa shape index (κ3) is 5.27. The van der Waals surface area contributed by atoms with Gasteiger partial charge in [-0.2, -0.15) is 0 Å². The number of anilines is 2. The van der Waals surface area contributed by atoms with E-state index in [-0.39, 0.29) is 24.8 Å². The molecule has 0 aliphatic rings. The number of benzene rings is 2. The second-order valence-corrected chi connectivity index (χ2v) is 5.83. The third-order valence-corrected chi connectivity index (χ3v) is 3.71. The van der Waals surface area contributed by atoms with E-state index >= 15 is 0 Å². The Kier molecular flexibility index (Phi) is 6.02. The minimum absolute atomic E-state index is 0.133. The monoisotopic (exact) mass is 350 g/mol. The first-order valence-electron chi connectivity index (χ1n) is 7.05. The van der Waals surface area contributed by atoms with Crippen molar-refractivity contribution < 1.29 is 9.59 Å². The van der Waals surface area contributed by atoms with Crippen LogP contribution in [0.3, 0.4) is 0 Å². The second kappa shape index (κ2) is 7.99. The Morgan fingerprint density at radius 2 is 1.48 bits per heavy atom. The number of carbonyl (C=O) groups is 2. The zero-order chi connectivity index (χ0) is 16.8. The summed E-state index contributed by atoms with van der Waals surface area (Å²) in [7, 11) is 0. The predicted molar refractivity (Wildman–Crippen MR) is 94.2 cm³/mol. The van der Waals surface area contributed by atoms with E-state index < -0.39 is 0 Å². The van der Waals surface area contributed by atoms with Gasteiger partial charge in [-0.3, -0.25) is 9.59 Å². The average Bonchev–Trinajstić information content (AvgIpc) is 2.51. The van der Waals surface area contributed by atoms with Gasteiger partial charge >= 0.3 is 0 Å². The summed E-state index contributed by atoms with van der Waals surface area (Å²) in [5.41, 5.74) is 1.38. The molecule has 2 aromatic carbocycles. The standard InChI is InChI=1S/C17H16Cl2N2O2/c1-12(22)21(16-8-4-14(19)5-9-16)11-10-17(23)20-15-6-2-13(18)3-7-15/h2-9H,10-11H2,1H3,(H,20,23). The molecule has 1 N–H and O–H groups in total. The highest BCUT2D eigenvalue weighted by molar-refractivity contribution is 6.31. The first kappa shape index (κ1) is 17.3. The Hall–Kier alpha value is -2.04. The minimum atomic E-state index is -0.174. The Bertz CT molecular complexity index is 685. The van der Waals surface area contributed by atoms with Crippen LogP contribution in [0.2, 0.25) is 10.0 Å². The Morgan fingerprint density at radius 3 is 2.00 bits per heavy atom. The highest BCUT2D eigenvalue weighted by Crippen LogP contribution is 2.19. The quantitative estimate of drug-likeness (QED) is 0.869. The van der Waals surface area contributed by atoms with Gasteiger partial charge in [-0.25, -0.2) is 0 Å². The molecule has 0 heterocycles. The van der Waals surface area contributed by atoms with Crippen LogP contribution in [0, 0.1) is 0 Å². The van der Waals surface area contributed by atoms with Crippen molar-refractivity contribution in [2.75, 3.05) is 16.8 Å². The molecule has 0 aliphatic heterocycles. The molecular weight excluding hydrogens is 335 g/mol. The van der Waals surface area contributed by atoms with Gasteiger partial charge in [0.05, 0.1) is 0 Å². The zero-order valence-electron chi connectivity index (χ0n) is 12.6. The van der Waals surface area contributed by atoms with Gasteiger partial charge < -0.3 is 10.2 Å². The van der Waals surface area contributed by atoms with Gasteiger partial charge in [0.2, 0.25) is 11.8 Å². The zero-order valence-corrected chi connectivity index (χ0v) is 14.1. The summed E-state index contributed by atoms with van der Waals surface area (Å²) in [6, 6.07) is 13.8. The van der Waals surface area contributed by atoms with Gasteiger partial charge in [-0.05, 0) is 48.5 Å². The first-order valence-corrected chi connectivity index (χ1v) is 7.80. The lowest BCUT2D eigenvalue weighted by Crippen LogP contribution is -2.31. The molecular formula is C17H16Cl2N2O2. The summed E-state index contributed by atoms with van der Waals surface area (Å²) in [6.45, 7) is 1.75. The van der Waals surface area contributed by atoms with Crippen LogP contribution in [-0.4, -0.2) is 18.4 Å². The van der Waals surface area contributed by atoms with E-state index in [4.69, 9.17) is 23.2 Å². The highest BCUT2D eigenvalue weighted by atomic mass is 35.5. The van der Waals surface area contributed by atoms with Gasteiger partial charge in [0.15, 0.2) is 0 Å². The number of hydrogen-bond donors (Lipinski definition) is 1. The number of hydrogen-bond acceptors (Lipinski definition) is 2. The first-order chi connectivity index (χ1) is 11.0. The number of nitrogens with one attached hydrogen (secondary N) is 1. The predicted octanol–water partition coefficient (Wildman–Crippen LogP) is 4.38. The molecule has 0 atom stereocenters. The highest BCUT2D eigenvalue weighted by Gasteiger charge is 2.13. The van der Waals surface area contributed by atoms with Gasteiger partial charge in [0, 0.05) is 41.3 Å². The summed E-state index contributed by atoms with van der Waals surface area (Å²) in [5.74, 6) is -0.306. The molecule has 0 saturated heterocycles. The van der Waals surface area contributed by atoms with Crippen LogP contribution in [-0.2, 0) is 9.59 Å². The third-order valence-electron chi connectivity index (χ3n) is 3.21. The molecule has 0 unspecified atom stereocenters. The fourth-order valence-corrected chi connectivity index (χ4v) is 2.31. The van der Waals surface area contributed by atoms with Crippen molar-refractivity contribution in [3.05, 3.63) is 58.6 Å². The number of rotatable bonds is 5. The van der Waals surface area contributed by atoms with Crippen LogP contribution >= 0.6 is 23.2 Å². The van der Waals surface area contributed by atoms with Crippen LogP contribution in [0.1, 0.15) is 13.3 Å². The minimum Gasteiger partial charge on any atom is -0.326 e. The van der Waals surface area contributed by atoms with Crippen molar-refractivity contribution in [1.29, 1.82) is 0 Å². The van der Waals surface area contributed by atoms with E-state index in [1.165, 1.54) is 11.8 Å². The molecule has 0 aliphatic carbocycles.